The van der Waals surface area contributed by atoms with Gasteiger partial charge in [-0.05, 0) is 37.6 Å². The van der Waals surface area contributed by atoms with Crippen molar-refractivity contribution in [1.82, 2.24) is 9.97 Å². The Morgan fingerprint density at radius 2 is 2.00 bits per heavy atom. The van der Waals surface area contributed by atoms with Crippen LogP contribution in [0.15, 0.2) is 24.3 Å². The number of halogens is 1. The number of thiophene rings is 1. The topological polar surface area (TPSA) is 63.8 Å². The van der Waals surface area contributed by atoms with Gasteiger partial charge in [0, 0.05) is 4.88 Å². The van der Waals surface area contributed by atoms with Gasteiger partial charge in [-0.15, -0.1) is 11.3 Å². The molecule has 1 aromatic carbocycles. The summed E-state index contributed by atoms with van der Waals surface area (Å²) in [6.45, 7) is 3.89. The van der Waals surface area contributed by atoms with Gasteiger partial charge in [0.2, 0.25) is 5.95 Å². The molecule has 0 saturated carbocycles. The van der Waals surface area contributed by atoms with Crippen LogP contribution >= 0.6 is 11.3 Å². The number of nitrogen functional groups attached to an aromatic ring is 1. The zero-order chi connectivity index (χ0) is 14.3. The second kappa shape index (κ2) is 4.72. The van der Waals surface area contributed by atoms with Crippen molar-refractivity contribution in [3.8, 4) is 0 Å². The molecule has 102 valence electrons. The predicted octanol–water partition coefficient (Wildman–Crippen LogP) is 3.77. The summed E-state index contributed by atoms with van der Waals surface area (Å²) in [7, 11) is 0. The molecule has 3 N–H and O–H groups in total. The molecule has 0 bridgehead atoms. The fourth-order valence-corrected chi connectivity index (χ4v) is 2.90. The lowest BCUT2D eigenvalue weighted by molar-refractivity contribution is 0.631. The maximum absolute atomic E-state index is 13.8. The van der Waals surface area contributed by atoms with Crippen LogP contribution in [0.2, 0.25) is 0 Å². The highest BCUT2D eigenvalue weighted by atomic mass is 32.1. The summed E-state index contributed by atoms with van der Waals surface area (Å²) in [6, 6.07) is 6.85. The number of nitrogens with two attached hydrogens (primary N) is 1. The highest BCUT2D eigenvalue weighted by Gasteiger charge is 2.11. The first-order valence-corrected chi connectivity index (χ1v) is 6.91. The first-order valence-electron chi connectivity index (χ1n) is 6.10. The fraction of sp³-hybridized carbons (Fsp3) is 0.143. The lowest BCUT2D eigenvalue weighted by atomic mass is 10.2. The Labute approximate surface area is 119 Å². The summed E-state index contributed by atoms with van der Waals surface area (Å²) in [5.74, 6) is 0.379. The van der Waals surface area contributed by atoms with Gasteiger partial charge in [0.05, 0.1) is 11.1 Å². The molecule has 0 spiro atoms. The number of aromatic nitrogens is 2. The zero-order valence-electron chi connectivity index (χ0n) is 11.1. The number of anilines is 3. The third-order valence-electron chi connectivity index (χ3n) is 2.91. The SMILES string of the molecule is Cc1ccc(F)c(Nc2nc(N)nc3sc(C)cc23)c1. The van der Waals surface area contributed by atoms with Crippen LogP contribution in [0.3, 0.4) is 0 Å². The minimum atomic E-state index is -0.326. The Bertz CT molecular complexity index is 797. The molecular weight excluding hydrogens is 275 g/mol. The molecule has 0 atom stereocenters. The molecule has 0 aliphatic heterocycles. The van der Waals surface area contributed by atoms with Crippen molar-refractivity contribution < 1.29 is 4.39 Å². The molecule has 0 saturated heterocycles. The maximum Gasteiger partial charge on any atom is 0.223 e. The zero-order valence-corrected chi connectivity index (χ0v) is 11.9. The quantitative estimate of drug-likeness (QED) is 0.753. The van der Waals surface area contributed by atoms with Crippen LogP contribution in [0.5, 0.6) is 0 Å². The lowest BCUT2D eigenvalue weighted by Crippen LogP contribution is -2.01. The number of nitrogens with zero attached hydrogens (tertiary/aromatic N) is 2. The van der Waals surface area contributed by atoms with Gasteiger partial charge in [0.15, 0.2) is 0 Å². The summed E-state index contributed by atoms with van der Waals surface area (Å²) in [4.78, 5) is 10.3. The van der Waals surface area contributed by atoms with E-state index in [0.29, 0.717) is 11.5 Å². The van der Waals surface area contributed by atoms with Gasteiger partial charge in [-0.2, -0.15) is 4.98 Å². The molecule has 2 aromatic heterocycles. The number of benzene rings is 1. The Balaban J connectivity index is 2.12. The van der Waals surface area contributed by atoms with E-state index in [1.54, 1.807) is 12.1 Å². The Morgan fingerprint density at radius 1 is 1.20 bits per heavy atom. The molecule has 0 amide bonds. The molecule has 3 rings (SSSR count). The average molecular weight is 288 g/mol. The van der Waals surface area contributed by atoms with E-state index < -0.39 is 0 Å². The van der Waals surface area contributed by atoms with E-state index in [2.05, 4.69) is 15.3 Å². The minimum Gasteiger partial charge on any atom is -0.368 e. The van der Waals surface area contributed by atoms with Crippen LogP contribution in [-0.4, -0.2) is 9.97 Å². The van der Waals surface area contributed by atoms with Gasteiger partial charge in [0.1, 0.15) is 16.5 Å². The Hall–Kier alpha value is -2.21. The van der Waals surface area contributed by atoms with Crippen molar-refractivity contribution in [3.05, 3.63) is 40.5 Å². The van der Waals surface area contributed by atoms with E-state index in [1.807, 2.05) is 19.9 Å². The van der Waals surface area contributed by atoms with Gasteiger partial charge in [0.25, 0.3) is 0 Å². The van der Waals surface area contributed by atoms with Crippen LogP contribution in [0.4, 0.5) is 21.8 Å². The molecule has 0 aliphatic rings. The highest BCUT2D eigenvalue weighted by Crippen LogP contribution is 2.31. The van der Waals surface area contributed by atoms with Gasteiger partial charge in [-0.25, -0.2) is 9.37 Å². The normalized spacial score (nSPS) is 10.9. The molecule has 0 radical (unpaired) electrons. The van der Waals surface area contributed by atoms with Crippen LogP contribution in [0, 0.1) is 19.7 Å². The Kier molecular flexibility index (Phi) is 3.02. The summed E-state index contributed by atoms with van der Waals surface area (Å²) in [6.07, 6.45) is 0. The van der Waals surface area contributed by atoms with E-state index >= 15 is 0 Å². The van der Waals surface area contributed by atoms with E-state index in [4.69, 9.17) is 5.73 Å². The largest absolute Gasteiger partial charge is 0.368 e. The smallest absolute Gasteiger partial charge is 0.223 e. The average Bonchev–Trinajstić information content (AvgIpc) is 2.74. The monoisotopic (exact) mass is 288 g/mol. The van der Waals surface area contributed by atoms with Gasteiger partial charge < -0.3 is 11.1 Å². The van der Waals surface area contributed by atoms with E-state index in [9.17, 15) is 4.39 Å². The molecule has 20 heavy (non-hydrogen) atoms. The number of hydrogen-bond acceptors (Lipinski definition) is 5. The minimum absolute atomic E-state index is 0.176. The summed E-state index contributed by atoms with van der Waals surface area (Å²) in [5, 5.41) is 3.86. The lowest BCUT2D eigenvalue weighted by Gasteiger charge is -2.09. The maximum atomic E-state index is 13.8. The third-order valence-corrected chi connectivity index (χ3v) is 3.85. The standard InChI is InChI=1S/C14H13FN4S/c1-7-3-4-10(15)11(5-7)17-12-9-6-8(2)20-13(9)19-14(16)18-12/h3-6H,1-2H3,(H3,16,17,18,19). The van der Waals surface area contributed by atoms with Crippen LogP contribution < -0.4 is 11.1 Å². The molecule has 4 nitrogen and oxygen atoms in total. The van der Waals surface area contributed by atoms with E-state index in [1.165, 1.54) is 17.4 Å². The molecule has 0 fully saturated rings. The summed E-state index contributed by atoms with van der Waals surface area (Å²) in [5.41, 5.74) is 7.06. The second-order valence-electron chi connectivity index (χ2n) is 4.61. The molecule has 2 heterocycles. The van der Waals surface area contributed by atoms with Crippen molar-refractivity contribution in [2.45, 2.75) is 13.8 Å². The number of hydrogen-bond donors (Lipinski definition) is 2. The molecule has 3 aromatic rings. The van der Waals surface area contributed by atoms with E-state index in [0.717, 1.165) is 20.7 Å². The van der Waals surface area contributed by atoms with Crippen LogP contribution in [-0.2, 0) is 0 Å². The van der Waals surface area contributed by atoms with Crippen molar-refractivity contribution >= 4 is 39.0 Å². The van der Waals surface area contributed by atoms with Crippen LogP contribution in [0.25, 0.3) is 10.2 Å². The fourth-order valence-electron chi connectivity index (χ4n) is 2.02. The number of rotatable bonds is 2. The second-order valence-corrected chi connectivity index (χ2v) is 5.85. The van der Waals surface area contributed by atoms with Crippen molar-refractivity contribution in [2.24, 2.45) is 0 Å². The van der Waals surface area contributed by atoms with Gasteiger partial charge in [-0.1, -0.05) is 6.07 Å². The molecular formula is C14H13FN4S. The van der Waals surface area contributed by atoms with Crippen molar-refractivity contribution in [3.63, 3.8) is 0 Å². The highest BCUT2D eigenvalue weighted by molar-refractivity contribution is 7.18. The Morgan fingerprint density at radius 3 is 2.80 bits per heavy atom. The third kappa shape index (κ3) is 2.30. The van der Waals surface area contributed by atoms with Crippen molar-refractivity contribution in [1.29, 1.82) is 0 Å². The number of fused-ring (bicyclic) bond motifs is 1. The van der Waals surface area contributed by atoms with Crippen molar-refractivity contribution in [2.75, 3.05) is 11.1 Å². The first-order chi connectivity index (χ1) is 9.52. The molecule has 0 aliphatic carbocycles. The van der Waals surface area contributed by atoms with Gasteiger partial charge >= 0.3 is 0 Å². The van der Waals surface area contributed by atoms with Gasteiger partial charge in [-0.3, -0.25) is 0 Å². The predicted molar refractivity (Wildman–Crippen MR) is 81.0 cm³/mol. The van der Waals surface area contributed by atoms with Crippen LogP contribution in [0.1, 0.15) is 10.4 Å². The first kappa shape index (κ1) is 12.8. The number of nitrogens with one attached hydrogen (secondary N) is 1. The van der Waals surface area contributed by atoms with E-state index in [-0.39, 0.29) is 11.8 Å². The summed E-state index contributed by atoms with van der Waals surface area (Å²) >= 11 is 1.53. The molecule has 6 heteroatoms. The summed E-state index contributed by atoms with van der Waals surface area (Å²) < 4.78 is 13.8. The number of aryl methyl sites for hydroxylation is 2. The molecule has 0 unspecified atom stereocenters.